The Bertz CT molecular complexity index is 1590. The first-order chi connectivity index (χ1) is 38.0. The first-order valence-corrected chi connectivity index (χ1v) is 34.5. The lowest BCUT2D eigenvalue weighted by atomic mass is 10.0. The summed E-state index contributed by atoms with van der Waals surface area (Å²) in [5, 5.41) is 0. The summed E-state index contributed by atoms with van der Waals surface area (Å²) in [6, 6.07) is 0. The van der Waals surface area contributed by atoms with Gasteiger partial charge in [-0.3, -0.25) is 32.8 Å². The van der Waals surface area contributed by atoms with Crippen molar-refractivity contribution in [3.8, 4) is 0 Å². The Kier molecular flexibility index (Phi) is 52.6. The second kappa shape index (κ2) is 52.6. The summed E-state index contributed by atoms with van der Waals surface area (Å²) in [5.74, 6) is -1.68. The van der Waals surface area contributed by atoms with Gasteiger partial charge in [-0.1, -0.05) is 207 Å². The number of carbonyl (C=O) groups is 4. The van der Waals surface area contributed by atoms with Crippen molar-refractivity contribution in [1.82, 2.24) is 0 Å². The minimum absolute atomic E-state index is 0.0259. The first-order valence-electron chi connectivity index (χ1n) is 31.5. The van der Waals surface area contributed by atoms with Gasteiger partial charge in [0.05, 0.1) is 55.5 Å². The molecular formula is C60H121N2O16P2+. The molecule has 0 spiro atoms. The van der Waals surface area contributed by atoms with Gasteiger partial charge >= 0.3 is 31.7 Å². The largest absolute Gasteiger partial charge is 0.756 e. The number of hydrogen-bond donors (Lipinski definition) is 1. The van der Waals surface area contributed by atoms with E-state index in [1.807, 2.05) is 56.1 Å². The minimum atomic E-state index is -4.61. The molecule has 0 aliphatic rings. The lowest BCUT2D eigenvalue weighted by Crippen LogP contribution is -2.37. The van der Waals surface area contributed by atoms with Gasteiger partial charge in [0, 0.05) is 25.7 Å². The van der Waals surface area contributed by atoms with E-state index in [-0.39, 0.29) is 58.1 Å². The van der Waals surface area contributed by atoms with Gasteiger partial charge in [-0.15, -0.1) is 0 Å². The second-order valence-corrected chi connectivity index (χ2v) is 26.6. The number of rotatable bonds is 56. The molecule has 2 unspecified atom stereocenters. The summed E-state index contributed by atoms with van der Waals surface area (Å²) in [5.41, 5.74) is 0. The fraction of sp³-hybridized carbons (Fsp3) is 0.933. The van der Waals surface area contributed by atoms with E-state index < -0.39 is 59.0 Å². The van der Waals surface area contributed by atoms with E-state index in [1.165, 1.54) is 128 Å². The maximum atomic E-state index is 12.6. The van der Waals surface area contributed by atoms with E-state index >= 15 is 0 Å². The van der Waals surface area contributed by atoms with Crippen LogP contribution in [0.25, 0.3) is 0 Å². The zero-order chi connectivity index (χ0) is 60.2. The molecule has 1 N–H and O–H groups in total. The molecule has 4 atom stereocenters. The average molecular weight is 1190 g/mol. The minimum Gasteiger partial charge on any atom is -0.756 e. The molecule has 0 saturated heterocycles. The Morgan fingerprint density at radius 2 is 0.637 bits per heavy atom. The van der Waals surface area contributed by atoms with E-state index in [0.29, 0.717) is 34.9 Å². The highest BCUT2D eigenvalue weighted by Crippen LogP contribution is 2.43. The third kappa shape index (κ3) is 60.6. The van der Waals surface area contributed by atoms with E-state index in [2.05, 4.69) is 13.8 Å². The average Bonchev–Trinajstić information content (AvgIpc) is 3.38. The predicted octanol–water partition coefficient (Wildman–Crippen LogP) is 14.1. The Hall–Kier alpha value is -1.98. The Balaban J connectivity index is 0. The number of phosphoric acid groups is 2. The van der Waals surface area contributed by atoms with Crippen molar-refractivity contribution in [3.63, 3.8) is 0 Å². The SMILES string of the molecule is CCCCCC(=O)OC[C@H](COP(=O)(O)OCC[N+](C)(C)C)OC(=O)CCCCC.CCCCCCCCCCCCCCCC(=O)OC[C@H](COP(=O)([O-])OCC[N+](C)(C)C)OC(=O)CCCCCCCCCCCCCCC. The molecule has 0 amide bonds. The molecule has 476 valence electrons. The van der Waals surface area contributed by atoms with Crippen LogP contribution in [0.2, 0.25) is 0 Å². The zero-order valence-electron chi connectivity index (χ0n) is 52.6. The molecule has 0 rings (SSSR count). The number of hydrogen-bond acceptors (Lipinski definition) is 15. The van der Waals surface area contributed by atoms with Gasteiger partial charge in [-0.05, 0) is 25.7 Å². The quantitative estimate of drug-likeness (QED) is 0.0197. The number of ether oxygens (including phenoxy) is 4. The van der Waals surface area contributed by atoms with Crippen LogP contribution in [0.3, 0.4) is 0 Å². The number of unbranched alkanes of at least 4 members (excludes halogenated alkanes) is 28. The lowest BCUT2D eigenvalue weighted by molar-refractivity contribution is -0.870. The highest BCUT2D eigenvalue weighted by molar-refractivity contribution is 7.47. The predicted molar refractivity (Wildman–Crippen MR) is 318 cm³/mol. The van der Waals surface area contributed by atoms with Crippen LogP contribution < -0.4 is 4.89 Å². The standard InChI is InChI=1S/C40H80NO8P.C20H40NO8P/c1-6-8-10-12-14-16-18-20-22-24-26-28-30-32-39(42)46-36-38(37-48-50(44,45)47-35-34-41(3,4)5)49-40(43)33-31-29-27-25-23-21-19-17-15-13-11-9-7-2;1-6-8-10-12-19(22)26-16-18(29-20(23)13-11-9-7-2)17-28-30(24,25)27-15-14-21(3,4)5/h38H,6-37H2,1-5H3;18H,6-17H2,1-5H3/p+1/t38-;18-/m11/s1. The molecule has 0 aliphatic heterocycles. The van der Waals surface area contributed by atoms with Gasteiger partial charge in [-0.2, -0.15) is 0 Å². The van der Waals surface area contributed by atoms with Crippen LogP contribution >= 0.6 is 15.6 Å². The summed E-state index contributed by atoms with van der Waals surface area (Å²) in [6.07, 6.45) is 35.9. The van der Waals surface area contributed by atoms with Gasteiger partial charge in [0.25, 0.3) is 7.82 Å². The molecule has 20 heteroatoms. The maximum absolute atomic E-state index is 12.6. The third-order valence-electron chi connectivity index (χ3n) is 13.3. The van der Waals surface area contributed by atoms with E-state index in [0.717, 1.165) is 64.2 Å². The van der Waals surface area contributed by atoms with Crippen molar-refractivity contribution in [3.05, 3.63) is 0 Å². The van der Waals surface area contributed by atoms with Gasteiger partial charge in [0.2, 0.25) is 0 Å². The highest BCUT2D eigenvalue weighted by atomic mass is 31.2. The third-order valence-corrected chi connectivity index (χ3v) is 15.2. The number of carbonyl (C=O) groups excluding carboxylic acids is 4. The number of quaternary nitrogens is 2. The highest BCUT2D eigenvalue weighted by Gasteiger charge is 2.27. The van der Waals surface area contributed by atoms with Gasteiger partial charge in [-0.25, -0.2) is 4.57 Å². The van der Waals surface area contributed by atoms with Gasteiger partial charge in [0.1, 0.15) is 39.5 Å². The zero-order valence-corrected chi connectivity index (χ0v) is 54.4. The van der Waals surface area contributed by atoms with Crippen molar-refractivity contribution < 1.29 is 84.1 Å². The summed E-state index contributed by atoms with van der Waals surface area (Å²) in [6.45, 7) is 8.21. The smallest absolute Gasteiger partial charge is 0.472 e. The van der Waals surface area contributed by atoms with E-state index in [9.17, 15) is 38.1 Å². The van der Waals surface area contributed by atoms with E-state index in [1.54, 1.807) is 0 Å². The van der Waals surface area contributed by atoms with Crippen molar-refractivity contribution in [2.45, 2.75) is 271 Å². The lowest BCUT2D eigenvalue weighted by Gasteiger charge is -2.28. The maximum Gasteiger partial charge on any atom is 0.472 e. The molecule has 0 aromatic heterocycles. The summed E-state index contributed by atoms with van der Waals surface area (Å²) >= 11 is 0. The van der Waals surface area contributed by atoms with Crippen molar-refractivity contribution >= 4 is 39.5 Å². The molecular weight excluding hydrogens is 1070 g/mol. The number of phosphoric ester groups is 2. The summed E-state index contributed by atoms with van der Waals surface area (Å²) in [7, 11) is 2.64. The molecule has 0 aromatic carbocycles. The topological polar surface area (TPSA) is 220 Å². The van der Waals surface area contributed by atoms with Gasteiger partial charge in [0.15, 0.2) is 12.2 Å². The number of likely N-dealkylation sites (N-methyl/N-ethyl adjacent to an activating group) is 2. The molecule has 80 heavy (non-hydrogen) atoms. The van der Waals surface area contributed by atoms with Crippen LogP contribution in [0.15, 0.2) is 0 Å². The Labute approximate surface area is 487 Å². The molecule has 0 fully saturated rings. The van der Waals surface area contributed by atoms with E-state index in [4.69, 9.17) is 37.0 Å². The van der Waals surface area contributed by atoms with Gasteiger partial charge < -0.3 is 46.7 Å². The fourth-order valence-electron chi connectivity index (χ4n) is 8.13. The molecule has 0 aromatic rings. The Morgan fingerprint density at radius 1 is 0.375 bits per heavy atom. The van der Waals surface area contributed by atoms with Crippen molar-refractivity contribution in [2.24, 2.45) is 0 Å². The van der Waals surface area contributed by atoms with Crippen LogP contribution in [-0.2, 0) is 65.4 Å². The molecule has 18 nitrogen and oxygen atoms in total. The molecule has 0 saturated carbocycles. The molecule has 0 heterocycles. The van der Waals surface area contributed by atoms with Crippen molar-refractivity contribution in [2.75, 3.05) is 95.0 Å². The van der Waals surface area contributed by atoms with Crippen LogP contribution in [0.1, 0.15) is 259 Å². The molecule has 0 radical (unpaired) electrons. The van der Waals surface area contributed by atoms with Crippen LogP contribution in [0, 0.1) is 0 Å². The Morgan fingerprint density at radius 3 is 0.963 bits per heavy atom. The molecule has 0 aliphatic carbocycles. The normalized spacial score (nSPS) is 14.1. The van der Waals surface area contributed by atoms with Crippen LogP contribution in [0.5, 0.6) is 0 Å². The first kappa shape index (κ1) is 80.1. The molecule has 0 bridgehead atoms. The summed E-state index contributed by atoms with van der Waals surface area (Å²) < 4.78 is 66.8. The van der Waals surface area contributed by atoms with Crippen LogP contribution in [-0.4, -0.2) is 145 Å². The summed E-state index contributed by atoms with van der Waals surface area (Å²) in [4.78, 5) is 71.1. The monoisotopic (exact) mass is 1190 g/mol. The number of nitrogens with zero attached hydrogens (tertiary/aromatic N) is 2. The van der Waals surface area contributed by atoms with Crippen molar-refractivity contribution in [1.29, 1.82) is 0 Å². The van der Waals surface area contributed by atoms with Crippen LogP contribution in [0.4, 0.5) is 0 Å². The fourth-order valence-corrected chi connectivity index (χ4v) is 9.60. The second-order valence-electron chi connectivity index (χ2n) is 23.7. The number of esters is 4.